The second-order valence-corrected chi connectivity index (χ2v) is 8.33. The number of aromatic nitrogens is 2. The molecule has 0 saturated heterocycles. The number of aliphatic hydroxyl groups excluding tert-OH is 2. The fourth-order valence-corrected chi connectivity index (χ4v) is 2.80. The number of rotatable bonds is 6. The Balaban J connectivity index is 0.000000292. The summed E-state index contributed by atoms with van der Waals surface area (Å²) in [6, 6.07) is 10.7. The molecule has 0 bridgehead atoms. The number of nitrogens with two attached hydrogens (primary N) is 1. The molecule has 7 nitrogen and oxygen atoms in total. The van der Waals surface area contributed by atoms with Crippen LogP contribution in [0.4, 0.5) is 0 Å². The number of hydrogen-bond donors (Lipinski definition) is 4. The Kier molecular flexibility index (Phi) is 9.96. The molecule has 0 aliphatic carbocycles. The van der Waals surface area contributed by atoms with Crippen LogP contribution in [0.15, 0.2) is 45.6 Å². The number of nitrogens with zero attached hydrogens (tertiary/aromatic N) is 2. The topological polar surface area (TPSA) is 121 Å². The van der Waals surface area contributed by atoms with Gasteiger partial charge in [-0.1, -0.05) is 12.1 Å². The fraction of sp³-hybridized carbons (Fsp3) is 0.389. The van der Waals surface area contributed by atoms with Gasteiger partial charge in [-0.15, -0.1) is 11.6 Å². The summed E-state index contributed by atoms with van der Waals surface area (Å²) in [5.41, 5.74) is 5.34. The lowest BCUT2D eigenvalue weighted by Gasteiger charge is -2.27. The van der Waals surface area contributed by atoms with Crippen LogP contribution in [0.25, 0.3) is 0 Å². The van der Waals surface area contributed by atoms with Crippen molar-refractivity contribution in [3.8, 4) is 0 Å². The van der Waals surface area contributed by atoms with Crippen LogP contribution in [0.3, 0.4) is 0 Å². The van der Waals surface area contributed by atoms with E-state index in [1.54, 1.807) is 38.1 Å². The minimum atomic E-state index is -0.921. The summed E-state index contributed by atoms with van der Waals surface area (Å²) < 4.78 is 1.37. The molecule has 154 valence electrons. The van der Waals surface area contributed by atoms with Crippen molar-refractivity contribution in [2.75, 3.05) is 19.1 Å². The highest BCUT2D eigenvalue weighted by Gasteiger charge is 2.29. The summed E-state index contributed by atoms with van der Waals surface area (Å²) in [6.45, 7) is 3.06. The van der Waals surface area contributed by atoms with Crippen molar-refractivity contribution in [1.29, 1.82) is 0 Å². The molecule has 2 aromatic rings. The average molecular weight is 539 g/mol. The maximum Gasteiger partial charge on any atom is 0.235 e. The normalized spacial score (nSPS) is 14.9. The molecule has 0 spiro atoms. The van der Waals surface area contributed by atoms with Gasteiger partial charge in [0, 0.05) is 0 Å². The molecule has 2 unspecified atom stereocenters. The van der Waals surface area contributed by atoms with Crippen molar-refractivity contribution < 1.29 is 15.0 Å². The second-order valence-electron chi connectivity index (χ2n) is 6.44. The maximum absolute atomic E-state index is 11.3. The summed E-state index contributed by atoms with van der Waals surface area (Å²) in [5.74, 6) is -0.496. The molecule has 5 N–H and O–H groups in total. The lowest BCUT2D eigenvalue weighted by atomic mass is 9.98. The van der Waals surface area contributed by atoms with Crippen LogP contribution in [0.2, 0.25) is 0 Å². The van der Waals surface area contributed by atoms with E-state index in [1.165, 1.54) is 0 Å². The predicted molar refractivity (Wildman–Crippen MR) is 116 cm³/mol. The quantitative estimate of drug-likeness (QED) is 0.331. The van der Waals surface area contributed by atoms with E-state index in [4.69, 9.17) is 22.4 Å². The molecule has 2 heterocycles. The summed E-state index contributed by atoms with van der Waals surface area (Å²) in [7, 11) is 0. The van der Waals surface area contributed by atoms with Gasteiger partial charge in [0.05, 0.1) is 30.1 Å². The Morgan fingerprint density at radius 3 is 2.00 bits per heavy atom. The lowest BCUT2D eigenvalue weighted by molar-refractivity contribution is -0.121. The van der Waals surface area contributed by atoms with Gasteiger partial charge < -0.3 is 21.3 Å². The van der Waals surface area contributed by atoms with Crippen LogP contribution >= 0.6 is 43.5 Å². The third-order valence-corrected chi connectivity index (χ3v) is 4.89. The maximum atomic E-state index is 11.3. The highest BCUT2D eigenvalue weighted by Crippen LogP contribution is 2.20. The number of nitrogens with one attached hydrogen (secondary N) is 1. The third-order valence-electron chi connectivity index (χ3n) is 3.76. The zero-order valence-electron chi connectivity index (χ0n) is 15.5. The van der Waals surface area contributed by atoms with E-state index in [0.29, 0.717) is 16.0 Å². The van der Waals surface area contributed by atoms with Gasteiger partial charge in [-0.3, -0.25) is 4.79 Å². The fourth-order valence-electron chi connectivity index (χ4n) is 2.05. The predicted octanol–water partition coefficient (Wildman–Crippen LogP) is 2.42. The number of alkyl halides is 1. The minimum absolute atomic E-state index is 0.115. The first-order valence-corrected chi connectivity index (χ1v) is 10.3. The number of hydrogen-bond acceptors (Lipinski definition) is 6. The summed E-state index contributed by atoms with van der Waals surface area (Å²) in [6.07, 6.45) is 0. The van der Waals surface area contributed by atoms with Crippen LogP contribution < -0.4 is 11.1 Å². The van der Waals surface area contributed by atoms with Crippen LogP contribution in [-0.2, 0) is 15.9 Å². The molecule has 2 atom stereocenters. The molecule has 1 amide bonds. The molecule has 0 aliphatic rings. The molecule has 28 heavy (non-hydrogen) atoms. The number of carbonyl (C=O) groups is 1. The number of pyridine rings is 2. The Hall–Kier alpha value is -1.10. The largest absolute Gasteiger partial charge is 0.394 e. The average Bonchev–Trinajstić information content (AvgIpc) is 2.68. The van der Waals surface area contributed by atoms with E-state index in [0.717, 1.165) is 4.60 Å². The van der Waals surface area contributed by atoms with Gasteiger partial charge in [0.15, 0.2) is 0 Å². The van der Waals surface area contributed by atoms with Crippen molar-refractivity contribution in [1.82, 2.24) is 15.3 Å². The number of amides is 1. The first-order valence-electron chi connectivity index (χ1n) is 8.21. The second kappa shape index (κ2) is 11.2. The Morgan fingerprint density at radius 1 is 1.07 bits per heavy atom. The first kappa shape index (κ1) is 24.9. The Labute approximate surface area is 186 Å². The van der Waals surface area contributed by atoms with Crippen molar-refractivity contribution in [3.63, 3.8) is 0 Å². The molecule has 2 rings (SSSR count). The van der Waals surface area contributed by atoms with E-state index in [-0.39, 0.29) is 25.0 Å². The molecule has 0 aromatic carbocycles. The monoisotopic (exact) mass is 536 g/mol. The van der Waals surface area contributed by atoms with Gasteiger partial charge in [0.2, 0.25) is 5.91 Å². The highest BCUT2D eigenvalue weighted by molar-refractivity contribution is 9.10. The number of halogens is 3. The van der Waals surface area contributed by atoms with Gasteiger partial charge in [-0.2, -0.15) is 0 Å². The van der Waals surface area contributed by atoms with Gasteiger partial charge in [0.25, 0.3) is 0 Å². The summed E-state index contributed by atoms with van der Waals surface area (Å²) in [4.78, 5) is 19.6. The summed E-state index contributed by atoms with van der Waals surface area (Å²) >= 11 is 11.9. The van der Waals surface area contributed by atoms with E-state index in [9.17, 15) is 9.90 Å². The molecular weight excluding hydrogens is 515 g/mol. The van der Waals surface area contributed by atoms with Crippen LogP contribution in [0.5, 0.6) is 0 Å². The molecule has 0 saturated carbocycles. The zero-order chi connectivity index (χ0) is 21.4. The zero-order valence-corrected chi connectivity index (χ0v) is 19.4. The van der Waals surface area contributed by atoms with Gasteiger partial charge in [0.1, 0.15) is 20.6 Å². The molecular formula is C18H23Br2ClN4O3. The molecule has 0 aliphatic heterocycles. The SMILES string of the molecule is CC(CO)(NC(=O)CCl)c1cccc(Br)n1.CC(N)(CO)c1cccc(Br)n1. The minimum Gasteiger partial charge on any atom is -0.394 e. The van der Waals surface area contributed by atoms with Crippen molar-refractivity contribution in [2.24, 2.45) is 5.73 Å². The molecule has 2 aromatic heterocycles. The molecule has 10 heteroatoms. The number of aliphatic hydroxyl groups is 2. The van der Waals surface area contributed by atoms with E-state index in [2.05, 4.69) is 47.1 Å². The lowest BCUT2D eigenvalue weighted by Crippen LogP contribution is -2.47. The highest BCUT2D eigenvalue weighted by atomic mass is 79.9. The van der Waals surface area contributed by atoms with Crippen LogP contribution in [-0.4, -0.2) is 45.2 Å². The van der Waals surface area contributed by atoms with E-state index in [1.807, 2.05) is 12.1 Å². The Morgan fingerprint density at radius 2 is 1.57 bits per heavy atom. The molecule has 0 radical (unpaired) electrons. The van der Waals surface area contributed by atoms with E-state index < -0.39 is 11.1 Å². The third kappa shape index (κ3) is 7.38. The number of carbonyl (C=O) groups excluding carboxylic acids is 1. The smallest absolute Gasteiger partial charge is 0.235 e. The van der Waals surface area contributed by atoms with Crippen molar-refractivity contribution >= 4 is 49.4 Å². The van der Waals surface area contributed by atoms with Crippen molar-refractivity contribution in [2.45, 2.75) is 24.9 Å². The Bertz CT molecular complexity index is 795. The van der Waals surface area contributed by atoms with Gasteiger partial charge in [-0.05, 0) is 70.0 Å². The standard InChI is InChI=1S/C10H12BrClN2O2.C8H11BrN2O/c1-10(6-15,14-9(16)5-12)7-3-2-4-8(11)13-7;1-8(10,5-12)6-3-2-4-7(9)11-6/h2-4,15H,5-6H2,1H3,(H,14,16);2-4,12H,5,10H2,1H3. The van der Waals surface area contributed by atoms with E-state index >= 15 is 0 Å². The van der Waals surface area contributed by atoms with Gasteiger partial charge in [-0.25, -0.2) is 9.97 Å². The van der Waals surface area contributed by atoms with Crippen LogP contribution in [0, 0.1) is 0 Å². The van der Waals surface area contributed by atoms with Crippen LogP contribution in [0.1, 0.15) is 25.2 Å². The summed E-state index contributed by atoms with van der Waals surface area (Å²) in [5, 5.41) is 21.0. The van der Waals surface area contributed by atoms with Gasteiger partial charge >= 0.3 is 0 Å². The van der Waals surface area contributed by atoms with Crippen molar-refractivity contribution in [3.05, 3.63) is 57.0 Å². The molecule has 0 fully saturated rings. The first-order chi connectivity index (χ1) is 13.1.